The lowest BCUT2D eigenvalue weighted by atomic mass is 9.98. The summed E-state index contributed by atoms with van der Waals surface area (Å²) in [4.78, 5) is 25.8. The van der Waals surface area contributed by atoms with Crippen LogP contribution in [0.1, 0.15) is 17.9 Å². The number of rotatable bonds is 2. The van der Waals surface area contributed by atoms with Gasteiger partial charge in [0.25, 0.3) is 0 Å². The highest BCUT2D eigenvalue weighted by molar-refractivity contribution is 6.22. The Hall–Kier alpha value is -2.42. The largest absolute Gasteiger partial charge is 0.274 e. The molecule has 0 spiro atoms. The molecule has 0 bridgehead atoms. The second-order valence-corrected chi connectivity index (χ2v) is 4.57. The van der Waals surface area contributed by atoms with Crippen LogP contribution in [0.25, 0.3) is 0 Å². The van der Waals surface area contributed by atoms with Gasteiger partial charge >= 0.3 is 0 Å². The number of nitrogens with zero attached hydrogens (tertiary/aromatic N) is 1. The number of carbonyl (C=O) groups is 2. The molecule has 1 aliphatic heterocycles. The lowest BCUT2D eigenvalue weighted by Gasteiger charge is -2.14. The molecule has 1 atom stereocenters. The predicted octanol–water partition coefficient (Wildman–Crippen LogP) is 2.73. The van der Waals surface area contributed by atoms with Crippen molar-refractivity contribution in [1.82, 2.24) is 0 Å². The Balaban J connectivity index is 1.94. The summed E-state index contributed by atoms with van der Waals surface area (Å²) < 4.78 is 0. The van der Waals surface area contributed by atoms with Gasteiger partial charge in [-0.2, -0.15) is 0 Å². The molecule has 2 amide bonds. The summed E-state index contributed by atoms with van der Waals surface area (Å²) in [5.41, 5.74) is 1.55. The van der Waals surface area contributed by atoms with Crippen molar-refractivity contribution < 1.29 is 9.59 Å². The van der Waals surface area contributed by atoms with Gasteiger partial charge in [0.2, 0.25) is 11.8 Å². The monoisotopic (exact) mass is 251 g/mol. The van der Waals surface area contributed by atoms with Gasteiger partial charge < -0.3 is 0 Å². The summed E-state index contributed by atoms with van der Waals surface area (Å²) in [5, 5.41) is 0. The number of carbonyl (C=O) groups excluding carboxylic acids is 2. The van der Waals surface area contributed by atoms with Gasteiger partial charge in [-0.05, 0) is 17.7 Å². The van der Waals surface area contributed by atoms with Crippen LogP contribution in [0.3, 0.4) is 0 Å². The molecule has 1 saturated heterocycles. The summed E-state index contributed by atoms with van der Waals surface area (Å²) in [6.07, 6.45) is 0.248. The lowest BCUT2D eigenvalue weighted by molar-refractivity contribution is -0.121. The molecule has 3 rings (SSSR count). The van der Waals surface area contributed by atoms with Gasteiger partial charge in [-0.1, -0.05) is 48.5 Å². The van der Waals surface area contributed by atoms with E-state index in [1.54, 1.807) is 12.1 Å². The van der Waals surface area contributed by atoms with Crippen LogP contribution < -0.4 is 4.90 Å². The molecular weight excluding hydrogens is 238 g/mol. The van der Waals surface area contributed by atoms with Gasteiger partial charge in [-0.15, -0.1) is 0 Å². The van der Waals surface area contributed by atoms with Crippen LogP contribution in [0.15, 0.2) is 60.7 Å². The topological polar surface area (TPSA) is 37.4 Å². The van der Waals surface area contributed by atoms with Crippen LogP contribution >= 0.6 is 0 Å². The highest BCUT2D eigenvalue weighted by Gasteiger charge is 2.40. The van der Waals surface area contributed by atoms with E-state index in [0.717, 1.165) is 5.56 Å². The normalized spacial score (nSPS) is 18.9. The van der Waals surface area contributed by atoms with E-state index in [0.29, 0.717) is 5.69 Å². The fourth-order valence-corrected chi connectivity index (χ4v) is 2.43. The zero-order valence-electron chi connectivity index (χ0n) is 10.3. The number of para-hydroxylation sites is 1. The lowest BCUT2D eigenvalue weighted by Crippen LogP contribution is -2.29. The standard InChI is InChI=1S/C16H13NO2/c18-15-11-14(12-7-3-1-4-8-12)16(19)17(15)13-9-5-2-6-10-13/h1-10,14H,11H2/t14-/m0/s1. The molecule has 0 aliphatic carbocycles. The number of benzene rings is 2. The highest BCUT2D eigenvalue weighted by atomic mass is 16.2. The van der Waals surface area contributed by atoms with Crippen LogP contribution in [0.2, 0.25) is 0 Å². The Morgan fingerprint density at radius 2 is 1.42 bits per heavy atom. The maximum absolute atomic E-state index is 12.4. The number of anilines is 1. The molecule has 3 heteroatoms. The Morgan fingerprint density at radius 1 is 0.842 bits per heavy atom. The van der Waals surface area contributed by atoms with Gasteiger partial charge in [0.05, 0.1) is 11.6 Å². The minimum Gasteiger partial charge on any atom is -0.274 e. The number of imide groups is 1. The van der Waals surface area contributed by atoms with Crippen LogP contribution in [-0.2, 0) is 9.59 Å². The Bertz CT molecular complexity index is 607. The van der Waals surface area contributed by atoms with E-state index < -0.39 is 0 Å². The van der Waals surface area contributed by atoms with Gasteiger partial charge in [-0.3, -0.25) is 14.5 Å². The van der Waals surface area contributed by atoms with E-state index in [-0.39, 0.29) is 24.2 Å². The Labute approximate surface area is 111 Å². The summed E-state index contributed by atoms with van der Waals surface area (Å²) in [7, 11) is 0. The van der Waals surface area contributed by atoms with E-state index in [1.165, 1.54) is 4.90 Å². The molecule has 0 unspecified atom stereocenters. The van der Waals surface area contributed by atoms with Crippen molar-refractivity contribution in [3.05, 3.63) is 66.2 Å². The predicted molar refractivity (Wildman–Crippen MR) is 72.7 cm³/mol. The van der Waals surface area contributed by atoms with Crippen molar-refractivity contribution in [1.29, 1.82) is 0 Å². The van der Waals surface area contributed by atoms with E-state index in [1.807, 2.05) is 48.5 Å². The second kappa shape index (κ2) is 4.69. The number of amides is 2. The van der Waals surface area contributed by atoms with E-state index >= 15 is 0 Å². The first-order chi connectivity index (χ1) is 9.27. The summed E-state index contributed by atoms with van der Waals surface area (Å²) in [5.74, 6) is -0.624. The fourth-order valence-electron chi connectivity index (χ4n) is 2.43. The van der Waals surface area contributed by atoms with E-state index in [4.69, 9.17) is 0 Å². The smallest absolute Gasteiger partial charge is 0.241 e. The minimum atomic E-state index is -0.353. The van der Waals surface area contributed by atoms with Gasteiger partial charge in [-0.25, -0.2) is 0 Å². The number of hydrogen-bond donors (Lipinski definition) is 0. The van der Waals surface area contributed by atoms with Gasteiger partial charge in [0.1, 0.15) is 0 Å². The van der Waals surface area contributed by atoms with E-state index in [9.17, 15) is 9.59 Å². The fraction of sp³-hybridized carbons (Fsp3) is 0.125. The average Bonchev–Trinajstić information content (AvgIpc) is 2.76. The Morgan fingerprint density at radius 3 is 2.05 bits per heavy atom. The van der Waals surface area contributed by atoms with Gasteiger partial charge in [0.15, 0.2) is 0 Å². The minimum absolute atomic E-state index is 0.134. The van der Waals surface area contributed by atoms with Crippen molar-refractivity contribution in [2.45, 2.75) is 12.3 Å². The molecular formula is C16H13NO2. The third kappa shape index (κ3) is 2.03. The molecule has 2 aromatic carbocycles. The van der Waals surface area contributed by atoms with Crippen LogP contribution in [-0.4, -0.2) is 11.8 Å². The SMILES string of the molecule is O=C1C[C@@H](c2ccccc2)C(=O)N1c1ccccc1. The summed E-state index contributed by atoms with van der Waals surface area (Å²) >= 11 is 0. The first kappa shape index (κ1) is 11.7. The Kier molecular flexibility index (Phi) is 2.88. The number of hydrogen-bond acceptors (Lipinski definition) is 2. The van der Waals surface area contributed by atoms with Crippen LogP contribution in [0.4, 0.5) is 5.69 Å². The van der Waals surface area contributed by atoms with Gasteiger partial charge in [0, 0.05) is 6.42 Å². The molecule has 0 radical (unpaired) electrons. The molecule has 0 saturated carbocycles. The third-order valence-corrected chi connectivity index (χ3v) is 3.36. The third-order valence-electron chi connectivity index (χ3n) is 3.36. The molecule has 1 aliphatic rings. The first-order valence-corrected chi connectivity index (χ1v) is 6.24. The molecule has 3 nitrogen and oxygen atoms in total. The second-order valence-electron chi connectivity index (χ2n) is 4.57. The molecule has 2 aromatic rings. The summed E-state index contributed by atoms with van der Waals surface area (Å²) in [6, 6.07) is 18.5. The van der Waals surface area contributed by atoms with Crippen molar-refractivity contribution in [2.24, 2.45) is 0 Å². The maximum atomic E-state index is 12.4. The van der Waals surface area contributed by atoms with Crippen LogP contribution in [0.5, 0.6) is 0 Å². The highest BCUT2D eigenvalue weighted by Crippen LogP contribution is 2.32. The zero-order chi connectivity index (χ0) is 13.2. The molecule has 94 valence electrons. The summed E-state index contributed by atoms with van der Waals surface area (Å²) in [6.45, 7) is 0. The van der Waals surface area contributed by atoms with Crippen molar-refractivity contribution in [3.63, 3.8) is 0 Å². The zero-order valence-corrected chi connectivity index (χ0v) is 10.3. The molecule has 0 N–H and O–H groups in total. The molecule has 0 aromatic heterocycles. The maximum Gasteiger partial charge on any atom is 0.241 e. The van der Waals surface area contributed by atoms with Crippen molar-refractivity contribution >= 4 is 17.5 Å². The van der Waals surface area contributed by atoms with E-state index in [2.05, 4.69) is 0 Å². The molecule has 1 fully saturated rings. The molecule has 1 heterocycles. The molecule has 19 heavy (non-hydrogen) atoms. The first-order valence-electron chi connectivity index (χ1n) is 6.24. The van der Waals surface area contributed by atoms with Crippen molar-refractivity contribution in [2.75, 3.05) is 4.90 Å². The average molecular weight is 251 g/mol. The van der Waals surface area contributed by atoms with Crippen molar-refractivity contribution in [3.8, 4) is 0 Å². The van der Waals surface area contributed by atoms with Crippen LogP contribution in [0, 0.1) is 0 Å². The quantitative estimate of drug-likeness (QED) is 0.770.